The number of nitrogens with one attached hydrogen (secondary N) is 1. The summed E-state index contributed by atoms with van der Waals surface area (Å²) >= 11 is 0. The molecule has 0 spiro atoms. The highest BCUT2D eigenvalue weighted by Crippen LogP contribution is 2.30. The van der Waals surface area contributed by atoms with Gasteiger partial charge in [0.25, 0.3) is 0 Å². The van der Waals surface area contributed by atoms with E-state index in [4.69, 9.17) is 0 Å². The van der Waals surface area contributed by atoms with Crippen molar-refractivity contribution < 1.29 is 8.42 Å². The third kappa shape index (κ3) is 6.25. The van der Waals surface area contributed by atoms with Crippen molar-refractivity contribution in [1.82, 2.24) is 9.62 Å². The first-order valence-electron chi connectivity index (χ1n) is 8.44. The van der Waals surface area contributed by atoms with Crippen molar-refractivity contribution in [3.8, 4) is 0 Å². The molecule has 0 aliphatic carbocycles. The molecule has 126 valence electrons. The largest absolute Gasteiger partial charge is 0.314 e. The lowest BCUT2D eigenvalue weighted by Gasteiger charge is -2.36. The van der Waals surface area contributed by atoms with Gasteiger partial charge >= 0.3 is 0 Å². The zero-order chi connectivity index (χ0) is 16.0. The molecule has 0 saturated carbocycles. The predicted octanol–water partition coefficient (Wildman–Crippen LogP) is 2.71. The van der Waals surface area contributed by atoms with Crippen LogP contribution in [-0.2, 0) is 10.0 Å². The van der Waals surface area contributed by atoms with Gasteiger partial charge in [0.05, 0.1) is 6.26 Å². The van der Waals surface area contributed by atoms with E-state index in [0.717, 1.165) is 32.2 Å². The van der Waals surface area contributed by atoms with Gasteiger partial charge in [-0.1, -0.05) is 20.8 Å². The Morgan fingerprint density at radius 3 is 2.48 bits per heavy atom. The Labute approximate surface area is 131 Å². The van der Waals surface area contributed by atoms with E-state index < -0.39 is 10.0 Å². The van der Waals surface area contributed by atoms with E-state index in [1.54, 1.807) is 4.31 Å². The molecule has 1 aliphatic heterocycles. The topological polar surface area (TPSA) is 49.4 Å². The van der Waals surface area contributed by atoms with Crippen molar-refractivity contribution in [3.05, 3.63) is 0 Å². The molecule has 0 aromatic carbocycles. The Morgan fingerprint density at radius 1 is 1.29 bits per heavy atom. The third-order valence-corrected chi connectivity index (χ3v) is 6.04. The van der Waals surface area contributed by atoms with Gasteiger partial charge in [0.15, 0.2) is 0 Å². The maximum atomic E-state index is 11.7. The molecule has 0 aromatic rings. The van der Waals surface area contributed by atoms with E-state index in [9.17, 15) is 8.42 Å². The van der Waals surface area contributed by atoms with Crippen LogP contribution < -0.4 is 5.32 Å². The molecule has 0 bridgehead atoms. The number of piperidine rings is 1. The van der Waals surface area contributed by atoms with E-state index in [0.29, 0.717) is 36.9 Å². The van der Waals surface area contributed by atoms with Crippen LogP contribution in [0.1, 0.15) is 53.4 Å². The SMILES string of the molecule is CCCNC(C)C(CC1CCCN(S(C)(=O)=O)C1)C(C)C. The Kier molecular flexibility index (Phi) is 7.65. The number of hydrogen-bond donors (Lipinski definition) is 1. The molecule has 1 fully saturated rings. The lowest BCUT2D eigenvalue weighted by molar-refractivity contribution is 0.183. The molecule has 0 radical (unpaired) electrons. The van der Waals surface area contributed by atoms with Crippen molar-refractivity contribution in [3.63, 3.8) is 0 Å². The molecule has 0 amide bonds. The maximum Gasteiger partial charge on any atom is 0.211 e. The highest BCUT2D eigenvalue weighted by atomic mass is 32.2. The van der Waals surface area contributed by atoms with Gasteiger partial charge in [-0.15, -0.1) is 0 Å². The molecule has 0 aromatic heterocycles. The summed E-state index contributed by atoms with van der Waals surface area (Å²) in [6, 6.07) is 0.499. The molecule has 1 rings (SSSR count). The highest BCUT2D eigenvalue weighted by Gasteiger charge is 2.30. The summed E-state index contributed by atoms with van der Waals surface area (Å²) in [5.41, 5.74) is 0. The summed E-state index contributed by atoms with van der Waals surface area (Å²) in [6.45, 7) is 11.5. The normalized spacial score (nSPS) is 24.2. The van der Waals surface area contributed by atoms with Gasteiger partial charge in [-0.2, -0.15) is 0 Å². The molecular formula is C16H34N2O2S. The Bertz CT molecular complexity index is 395. The number of rotatable bonds is 8. The van der Waals surface area contributed by atoms with E-state index in [1.165, 1.54) is 6.26 Å². The zero-order valence-electron chi connectivity index (χ0n) is 14.4. The van der Waals surface area contributed by atoms with Gasteiger partial charge in [0.1, 0.15) is 0 Å². The van der Waals surface area contributed by atoms with E-state index in [-0.39, 0.29) is 0 Å². The summed E-state index contributed by atoms with van der Waals surface area (Å²) in [5.74, 6) is 1.74. The van der Waals surface area contributed by atoms with E-state index in [1.807, 2.05) is 0 Å². The van der Waals surface area contributed by atoms with Crippen molar-refractivity contribution in [1.29, 1.82) is 0 Å². The van der Waals surface area contributed by atoms with Gasteiger partial charge in [0, 0.05) is 19.1 Å². The average molecular weight is 319 g/mol. The average Bonchev–Trinajstić information content (AvgIpc) is 2.41. The van der Waals surface area contributed by atoms with Gasteiger partial charge in [-0.3, -0.25) is 0 Å². The summed E-state index contributed by atoms with van der Waals surface area (Å²) < 4.78 is 25.1. The second kappa shape index (κ2) is 8.49. The fourth-order valence-electron chi connectivity index (χ4n) is 3.48. The fourth-order valence-corrected chi connectivity index (χ4v) is 4.42. The van der Waals surface area contributed by atoms with Gasteiger partial charge < -0.3 is 5.32 Å². The summed E-state index contributed by atoms with van der Waals surface area (Å²) in [5, 5.41) is 3.61. The van der Waals surface area contributed by atoms with Crippen molar-refractivity contribution in [2.24, 2.45) is 17.8 Å². The van der Waals surface area contributed by atoms with E-state index in [2.05, 4.69) is 33.0 Å². The van der Waals surface area contributed by atoms with Crippen LogP contribution in [0.5, 0.6) is 0 Å². The number of hydrogen-bond acceptors (Lipinski definition) is 3. The molecule has 1 saturated heterocycles. The fraction of sp³-hybridized carbons (Fsp3) is 1.00. The first-order chi connectivity index (χ1) is 9.75. The molecule has 3 atom stereocenters. The number of sulfonamides is 1. The maximum absolute atomic E-state index is 11.7. The lowest BCUT2D eigenvalue weighted by Crippen LogP contribution is -2.42. The molecule has 5 heteroatoms. The standard InChI is InChI=1S/C16H34N2O2S/c1-6-9-17-14(4)16(13(2)3)11-15-8-7-10-18(12-15)21(5,19)20/h13-17H,6-12H2,1-5H3. The molecule has 21 heavy (non-hydrogen) atoms. The number of nitrogens with zero attached hydrogens (tertiary/aromatic N) is 1. The van der Waals surface area contributed by atoms with Crippen LogP contribution in [0.3, 0.4) is 0 Å². The van der Waals surface area contributed by atoms with Gasteiger partial charge in [-0.05, 0) is 56.9 Å². The van der Waals surface area contributed by atoms with Gasteiger partial charge in [0.2, 0.25) is 10.0 Å². The first kappa shape index (κ1) is 18.9. The van der Waals surface area contributed by atoms with Crippen LogP contribution >= 0.6 is 0 Å². The Hall–Kier alpha value is -0.130. The van der Waals surface area contributed by atoms with E-state index >= 15 is 0 Å². The van der Waals surface area contributed by atoms with Crippen LogP contribution in [0.2, 0.25) is 0 Å². The summed E-state index contributed by atoms with van der Waals surface area (Å²) in [7, 11) is -3.03. The highest BCUT2D eigenvalue weighted by molar-refractivity contribution is 7.88. The monoisotopic (exact) mass is 318 g/mol. The second-order valence-corrected chi connectivity index (χ2v) is 9.00. The van der Waals surface area contributed by atoms with Crippen LogP contribution in [0.4, 0.5) is 0 Å². The van der Waals surface area contributed by atoms with Crippen LogP contribution in [-0.4, -0.2) is 44.7 Å². The van der Waals surface area contributed by atoms with Crippen LogP contribution in [0.25, 0.3) is 0 Å². The molecule has 1 N–H and O–H groups in total. The molecule has 1 heterocycles. The molecular weight excluding hydrogens is 284 g/mol. The zero-order valence-corrected chi connectivity index (χ0v) is 15.2. The minimum Gasteiger partial charge on any atom is -0.314 e. The quantitative estimate of drug-likeness (QED) is 0.748. The predicted molar refractivity (Wildman–Crippen MR) is 89.8 cm³/mol. The Morgan fingerprint density at radius 2 is 1.95 bits per heavy atom. The minimum atomic E-state index is -3.03. The van der Waals surface area contributed by atoms with Crippen molar-refractivity contribution in [2.45, 2.75) is 59.4 Å². The smallest absolute Gasteiger partial charge is 0.211 e. The minimum absolute atomic E-state index is 0.499. The summed E-state index contributed by atoms with van der Waals surface area (Å²) in [6.07, 6.45) is 5.78. The first-order valence-corrected chi connectivity index (χ1v) is 10.3. The van der Waals surface area contributed by atoms with Crippen molar-refractivity contribution >= 4 is 10.0 Å². The third-order valence-electron chi connectivity index (χ3n) is 4.77. The van der Waals surface area contributed by atoms with Crippen LogP contribution in [0, 0.1) is 17.8 Å². The summed E-state index contributed by atoms with van der Waals surface area (Å²) in [4.78, 5) is 0. The molecule has 4 nitrogen and oxygen atoms in total. The van der Waals surface area contributed by atoms with Crippen LogP contribution in [0.15, 0.2) is 0 Å². The van der Waals surface area contributed by atoms with Crippen molar-refractivity contribution in [2.75, 3.05) is 25.9 Å². The van der Waals surface area contributed by atoms with Gasteiger partial charge in [-0.25, -0.2) is 12.7 Å². The Balaban J connectivity index is 2.62. The lowest BCUT2D eigenvalue weighted by atomic mass is 9.79. The molecule has 3 unspecified atom stereocenters. The second-order valence-electron chi connectivity index (χ2n) is 7.02. The molecule has 1 aliphatic rings.